The van der Waals surface area contributed by atoms with Crippen molar-refractivity contribution in [1.82, 2.24) is 10.2 Å². The minimum atomic E-state index is 0.538. The van der Waals surface area contributed by atoms with Crippen LogP contribution >= 0.6 is 0 Å². The maximum Gasteiger partial charge on any atom is 0.00505 e. The first kappa shape index (κ1) is 17.3. The van der Waals surface area contributed by atoms with Crippen LogP contribution in [0, 0.1) is 29.1 Å². The molecule has 0 amide bonds. The van der Waals surface area contributed by atoms with Crippen molar-refractivity contribution in [1.29, 1.82) is 0 Å². The van der Waals surface area contributed by atoms with E-state index in [1.807, 2.05) is 0 Å². The van der Waals surface area contributed by atoms with E-state index in [1.54, 1.807) is 0 Å². The molecule has 0 radical (unpaired) electrons. The second kappa shape index (κ2) is 7.46. The molecule has 4 atom stereocenters. The molecule has 1 aliphatic heterocycles. The first-order valence-electron chi connectivity index (χ1n) is 9.33. The third-order valence-electron chi connectivity index (χ3n) is 5.86. The predicted molar refractivity (Wildman–Crippen MR) is 92.5 cm³/mol. The molecule has 1 N–H and O–H groups in total. The highest BCUT2D eigenvalue weighted by atomic mass is 15.2. The summed E-state index contributed by atoms with van der Waals surface area (Å²) in [6.07, 6.45) is 5.74. The molecule has 4 unspecified atom stereocenters. The van der Waals surface area contributed by atoms with Crippen LogP contribution in [0.3, 0.4) is 0 Å². The second-order valence-electron chi connectivity index (χ2n) is 8.87. The molecule has 2 heteroatoms. The fraction of sp³-hybridized carbons (Fsp3) is 1.00. The van der Waals surface area contributed by atoms with Crippen LogP contribution in [0.2, 0.25) is 0 Å². The van der Waals surface area contributed by atoms with E-state index >= 15 is 0 Å². The molecule has 1 saturated carbocycles. The topological polar surface area (TPSA) is 15.3 Å². The van der Waals surface area contributed by atoms with Crippen LogP contribution in [-0.2, 0) is 0 Å². The van der Waals surface area contributed by atoms with Gasteiger partial charge in [-0.2, -0.15) is 0 Å². The molecule has 2 nitrogen and oxygen atoms in total. The van der Waals surface area contributed by atoms with Crippen LogP contribution in [0.4, 0.5) is 0 Å². The summed E-state index contributed by atoms with van der Waals surface area (Å²) >= 11 is 0. The largest absolute Gasteiger partial charge is 0.316 e. The van der Waals surface area contributed by atoms with Gasteiger partial charge in [0.05, 0.1) is 0 Å². The zero-order valence-corrected chi connectivity index (χ0v) is 15.1. The molecular formula is C19H38N2. The van der Waals surface area contributed by atoms with E-state index in [9.17, 15) is 0 Å². The maximum absolute atomic E-state index is 3.79. The third kappa shape index (κ3) is 4.96. The number of rotatable bonds is 6. The van der Waals surface area contributed by atoms with Gasteiger partial charge in [0.2, 0.25) is 0 Å². The molecule has 0 aromatic carbocycles. The summed E-state index contributed by atoms with van der Waals surface area (Å²) in [6.45, 7) is 18.3. The second-order valence-corrected chi connectivity index (χ2v) is 8.87. The van der Waals surface area contributed by atoms with Crippen LogP contribution in [-0.4, -0.2) is 37.6 Å². The van der Waals surface area contributed by atoms with Gasteiger partial charge >= 0.3 is 0 Å². The zero-order chi connectivity index (χ0) is 15.5. The van der Waals surface area contributed by atoms with E-state index in [0.717, 1.165) is 23.7 Å². The Morgan fingerprint density at radius 2 is 1.81 bits per heavy atom. The molecule has 0 bridgehead atoms. The molecule has 2 aliphatic rings. The molecule has 21 heavy (non-hydrogen) atoms. The molecule has 1 heterocycles. The van der Waals surface area contributed by atoms with E-state index in [-0.39, 0.29) is 0 Å². The molecule has 2 rings (SSSR count). The average Bonchev–Trinajstić information content (AvgIpc) is 2.67. The summed E-state index contributed by atoms with van der Waals surface area (Å²) in [5, 5.41) is 3.79. The predicted octanol–water partition coefficient (Wildman–Crippen LogP) is 4.02. The first-order valence-corrected chi connectivity index (χ1v) is 9.33. The monoisotopic (exact) mass is 294 g/mol. The lowest BCUT2D eigenvalue weighted by atomic mass is 9.69. The van der Waals surface area contributed by atoms with Gasteiger partial charge in [0.1, 0.15) is 0 Å². The minimum absolute atomic E-state index is 0.538. The van der Waals surface area contributed by atoms with Crippen molar-refractivity contribution in [3.63, 3.8) is 0 Å². The van der Waals surface area contributed by atoms with Gasteiger partial charge in [0, 0.05) is 26.2 Å². The fourth-order valence-electron chi connectivity index (χ4n) is 4.61. The van der Waals surface area contributed by atoms with Crippen molar-refractivity contribution in [3.8, 4) is 0 Å². The number of nitrogens with one attached hydrogen (secondary N) is 1. The van der Waals surface area contributed by atoms with Crippen LogP contribution in [0.5, 0.6) is 0 Å². The average molecular weight is 295 g/mol. The van der Waals surface area contributed by atoms with Crippen molar-refractivity contribution in [2.45, 2.75) is 60.3 Å². The minimum Gasteiger partial charge on any atom is -0.316 e. The Kier molecular flexibility index (Phi) is 6.14. The summed E-state index contributed by atoms with van der Waals surface area (Å²) < 4.78 is 0. The Bertz CT molecular complexity index is 305. The molecule has 2 fully saturated rings. The Hall–Kier alpha value is -0.0800. The summed E-state index contributed by atoms with van der Waals surface area (Å²) in [5.74, 6) is 3.44. The van der Waals surface area contributed by atoms with Gasteiger partial charge in [-0.25, -0.2) is 0 Å². The highest BCUT2D eigenvalue weighted by Gasteiger charge is 2.38. The highest BCUT2D eigenvalue weighted by molar-refractivity contribution is 4.92. The SMILES string of the molecule is CC(C)CNCC1(CN2CC(C)C(C)C2)CCCC(C)C1. The van der Waals surface area contributed by atoms with Crippen molar-refractivity contribution >= 4 is 0 Å². The third-order valence-corrected chi connectivity index (χ3v) is 5.86. The van der Waals surface area contributed by atoms with Crippen LogP contribution in [0.15, 0.2) is 0 Å². The Balaban J connectivity index is 1.94. The molecule has 0 aromatic rings. The lowest BCUT2D eigenvalue weighted by molar-refractivity contribution is 0.0881. The van der Waals surface area contributed by atoms with Crippen molar-refractivity contribution in [2.24, 2.45) is 29.1 Å². The standard InChI is InChI=1S/C19H38N2/c1-15(2)10-20-13-19(8-6-7-16(3)9-19)14-21-11-17(4)18(5)12-21/h15-18,20H,6-14H2,1-5H3. The van der Waals surface area contributed by atoms with Crippen molar-refractivity contribution in [3.05, 3.63) is 0 Å². The van der Waals surface area contributed by atoms with Gasteiger partial charge in [0.15, 0.2) is 0 Å². The molecule has 1 saturated heterocycles. The van der Waals surface area contributed by atoms with Gasteiger partial charge in [-0.15, -0.1) is 0 Å². The van der Waals surface area contributed by atoms with Gasteiger partial charge in [-0.1, -0.05) is 47.5 Å². The Morgan fingerprint density at radius 1 is 1.14 bits per heavy atom. The maximum atomic E-state index is 3.79. The molecule has 0 aromatic heterocycles. The quantitative estimate of drug-likeness (QED) is 0.796. The first-order chi connectivity index (χ1) is 9.90. The fourth-order valence-corrected chi connectivity index (χ4v) is 4.61. The Labute approximate surface area is 133 Å². The van der Waals surface area contributed by atoms with Crippen molar-refractivity contribution in [2.75, 3.05) is 32.7 Å². The highest BCUT2D eigenvalue weighted by Crippen LogP contribution is 2.40. The number of likely N-dealkylation sites (tertiary alicyclic amines) is 1. The van der Waals surface area contributed by atoms with E-state index in [4.69, 9.17) is 0 Å². The number of hydrogen-bond donors (Lipinski definition) is 1. The zero-order valence-electron chi connectivity index (χ0n) is 15.1. The molecule has 1 aliphatic carbocycles. The molecule has 0 spiro atoms. The summed E-state index contributed by atoms with van der Waals surface area (Å²) in [7, 11) is 0. The van der Waals surface area contributed by atoms with Crippen molar-refractivity contribution < 1.29 is 0 Å². The smallest absolute Gasteiger partial charge is 0.00505 e. The van der Waals surface area contributed by atoms with Gasteiger partial charge in [-0.3, -0.25) is 0 Å². The summed E-state index contributed by atoms with van der Waals surface area (Å²) in [4.78, 5) is 2.77. The normalized spacial score (nSPS) is 38.3. The lowest BCUT2D eigenvalue weighted by Gasteiger charge is -2.43. The number of nitrogens with zero attached hydrogens (tertiary/aromatic N) is 1. The molecule has 124 valence electrons. The van der Waals surface area contributed by atoms with E-state index in [0.29, 0.717) is 5.41 Å². The van der Waals surface area contributed by atoms with Crippen LogP contribution in [0.1, 0.15) is 60.3 Å². The summed E-state index contributed by atoms with van der Waals surface area (Å²) in [6, 6.07) is 0. The van der Waals surface area contributed by atoms with E-state index in [2.05, 4.69) is 44.8 Å². The molecular weight excluding hydrogens is 256 g/mol. The lowest BCUT2D eigenvalue weighted by Crippen LogP contribution is -2.46. The van der Waals surface area contributed by atoms with Gasteiger partial charge in [-0.05, 0) is 48.5 Å². The summed E-state index contributed by atoms with van der Waals surface area (Å²) in [5.41, 5.74) is 0.538. The van der Waals surface area contributed by atoms with E-state index in [1.165, 1.54) is 58.4 Å². The Morgan fingerprint density at radius 3 is 2.38 bits per heavy atom. The van der Waals surface area contributed by atoms with Gasteiger partial charge in [0.25, 0.3) is 0 Å². The number of hydrogen-bond acceptors (Lipinski definition) is 2. The van der Waals surface area contributed by atoms with E-state index < -0.39 is 0 Å². The van der Waals surface area contributed by atoms with Crippen LogP contribution < -0.4 is 5.32 Å². The van der Waals surface area contributed by atoms with Crippen LogP contribution in [0.25, 0.3) is 0 Å². The van der Waals surface area contributed by atoms with Gasteiger partial charge < -0.3 is 10.2 Å².